The molecule has 3 N–H and O–H groups in total. The number of nitrogens with zero attached hydrogens (tertiary/aromatic N) is 2. The molecule has 4 aromatic rings. The third-order valence-electron chi connectivity index (χ3n) is 6.62. The van der Waals surface area contributed by atoms with Crippen LogP contribution in [-0.2, 0) is 4.79 Å². The summed E-state index contributed by atoms with van der Waals surface area (Å²) in [5, 5.41) is 15.3. The maximum Gasteiger partial charge on any atom is 0.338 e. The largest absolute Gasteiger partial charge is 0.480 e. The van der Waals surface area contributed by atoms with Gasteiger partial charge in [0.1, 0.15) is 11.6 Å². The molecule has 5 rings (SSSR count). The van der Waals surface area contributed by atoms with Crippen molar-refractivity contribution < 1.29 is 14.3 Å². The van der Waals surface area contributed by atoms with Gasteiger partial charge < -0.3 is 19.8 Å². The molecular weight excluding hydrogens is 432 g/mol. The molecule has 8 heteroatoms. The highest BCUT2D eigenvalue weighted by molar-refractivity contribution is 5.91. The minimum absolute atomic E-state index is 0.373. The number of piperazine rings is 1. The third-order valence-corrected chi connectivity index (χ3v) is 6.62. The average Bonchev–Trinajstić information content (AvgIpc) is 3.15. The molecule has 0 bridgehead atoms. The molecule has 176 valence electrons. The van der Waals surface area contributed by atoms with Gasteiger partial charge >= 0.3 is 11.6 Å². The number of benzene rings is 2. The lowest BCUT2D eigenvalue weighted by Crippen LogP contribution is -2.50. The van der Waals surface area contributed by atoms with Gasteiger partial charge in [0.05, 0.1) is 5.69 Å². The van der Waals surface area contributed by atoms with Gasteiger partial charge in [0, 0.05) is 72.9 Å². The summed E-state index contributed by atoms with van der Waals surface area (Å²) in [6.45, 7) is 6.33. The van der Waals surface area contributed by atoms with Crippen LogP contribution in [0.5, 0.6) is 0 Å². The van der Waals surface area contributed by atoms with Crippen LogP contribution in [0.1, 0.15) is 17.3 Å². The molecular formula is C26H28N4O4. The van der Waals surface area contributed by atoms with Crippen molar-refractivity contribution in [3.05, 3.63) is 76.3 Å². The Labute approximate surface area is 196 Å². The molecule has 0 amide bonds. The van der Waals surface area contributed by atoms with Crippen molar-refractivity contribution in [2.75, 3.05) is 44.6 Å². The van der Waals surface area contributed by atoms with Gasteiger partial charge in [0.2, 0.25) is 0 Å². The predicted molar refractivity (Wildman–Crippen MR) is 132 cm³/mol. The lowest BCUT2D eigenvalue weighted by Gasteiger charge is -2.38. The third kappa shape index (κ3) is 4.30. The topological polar surface area (TPSA) is 102 Å². The summed E-state index contributed by atoms with van der Waals surface area (Å²) in [6.07, 6.45) is 0. The van der Waals surface area contributed by atoms with Crippen molar-refractivity contribution in [2.24, 2.45) is 0 Å². The number of rotatable bonds is 7. The molecule has 2 aromatic carbocycles. The second kappa shape index (κ2) is 9.32. The van der Waals surface area contributed by atoms with Crippen molar-refractivity contribution in [3.8, 4) is 0 Å². The maximum atomic E-state index is 12.3. The zero-order chi connectivity index (χ0) is 23.7. The van der Waals surface area contributed by atoms with Crippen LogP contribution >= 0.6 is 0 Å². The minimum atomic E-state index is -0.822. The number of anilines is 1. The SMILES string of the molecule is Cc1[nH]c2ccccc2c1[C@@H](C(=O)O)N1CCN(CCNc2cc(=O)oc3ccccc23)CC1. The highest BCUT2D eigenvalue weighted by Crippen LogP contribution is 2.32. The molecule has 0 aliphatic carbocycles. The Balaban J connectivity index is 1.23. The number of H-pyrrole nitrogens is 1. The molecule has 1 saturated heterocycles. The normalized spacial score (nSPS) is 16.1. The molecule has 2 aromatic heterocycles. The van der Waals surface area contributed by atoms with Gasteiger partial charge in [-0.3, -0.25) is 14.6 Å². The Morgan fingerprint density at radius 1 is 1.09 bits per heavy atom. The number of carboxylic acid groups (broad SMARTS) is 1. The van der Waals surface area contributed by atoms with Gasteiger partial charge in [-0.15, -0.1) is 0 Å². The molecule has 0 spiro atoms. The van der Waals surface area contributed by atoms with Crippen molar-refractivity contribution in [3.63, 3.8) is 0 Å². The molecule has 34 heavy (non-hydrogen) atoms. The number of aryl methyl sites for hydroxylation is 1. The number of carboxylic acids is 1. The van der Waals surface area contributed by atoms with Gasteiger partial charge in [-0.25, -0.2) is 4.79 Å². The van der Waals surface area contributed by atoms with E-state index >= 15 is 0 Å². The Bertz CT molecular complexity index is 1380. The van der Waals surface area contributed by atoms with Gasteiger partial charge in [-0.1, -0.05) is 30.3 Å². The van der Waals surface area contributed by atoms with Crippen molar-refractivity contribution in [1.82, 2.24) is 14.8 Å². The summed E-state index contributed by atoms with van der Waals surface area (Å²) in [5.74, 6) is -0.822. The summed E-state index contributed by atoms with van der Waals surface area (Å²) < 4.78 is 5.26. The number of fused-ring (bicyclic) bond motifs is 2. The molecule has 0 radical (unpaired) electrons. The monoisotopic (exact) mass is 460 g/mol. The van der Waals surface area contributed by atoms with Crippen molar-refractivity contribution in [1.29, 1.82) is 0 Å². The summed E-state index contributed by atoms with van der Waals surface area (Å²) in [5.41, 5.74) is 3.69. The maximum absolute atomic E-state index is 12.3. The van der Waals surface area contributed by atoms with Gasteiger partial charge in [-0.2, -0.15) is 0 Å². The number of carbonyl (C=O) groups is 1. The lowest BCUT2D eigenvalue weighted by atomic mass is 10.0. The summed E-state index contributed by atoms with van der Waals surface area (Å²) in [4.78, 5) is 31.9. The molecule has 1 fully saturated rings. The van der Waals surface area contributed by atoms with Crippen LogP contribution in [0.15, 0.2) is 63.8 Å². The van der Waals surface area contributed by atoms with Crippen LogP contribution in [0.2, 0.25) is 0 Å². The zero-order valence-electron chi connectivity index (χ0n) is 19.1. The first-order valence-electron chi connectivity index (χ1n) is 11.5. The zero-order valence-corrected chi connectivity index (χ0v) is 19.1. The van der Waals surface area contributed by atoms with Crippen molar-refractivity contribution in [2.45, 2.75) is 13.0 Å². The van der Waals surface area contributed by atoms with E-state index in [-0.39, 0.29) is 5.63 Å². The summed E-state index contributed by atoms with van der Waals surface area (Å²) in [6, 6.07) is 16.2. The highest BCUT2D eigenvalue weighted by Gasteiger charge is 2.33. The Hall–Kier alpha value is -3.62. The number of hydrogen-bond acceptors (Lipinski definition) is 6. The molecule has 3 heterocycles. The quantitative estimate of drug-likeness (QED) is 0.363. The number of aromatic nitrogens is 1. The van der Waals surface area contributed by atoms with E-state index in [1.807, 2.05) is 49.4 Å². The first-order valence-corrected chi connectivity index (χ1v) is 11.5. The van der Waals surface area contributed by atoms with E-state index in [1.165, 1.54) is 6.07 Å². The van der Waals surface area contributed by atoms with Crippen molar-refractivity contribution >= 4 is 33.5 Å². The van der Waals surface area contributed by atoms with Crippen LogP contribution in [-0.4, -0.2) is 65.1 Å². The van der Waals surface area contributed by atoms with E-state index in [0.29, 0.717) is 25.2 Å². The van der Waals surface area contributed by atoms with E-state index in [2.05, 4.69) is 20.1 Å². The Kier molecular flexibility index (Phi) is 6.08. The van der Waals surface area contributed by atoms with E-state index < -0.39 is 12.0 Å². The Morgan fingerprint density at radius 3 is 2.56 bits per heavy atom. The fraction of sp³-hybridized carbons (Fsp3) is 0.308. The minimum Gasteiger partial charge on any atom is -0.480 e. The van der Waals surface area contributed by atoms with E-state index in [1.54, 1.807) is 6.07 Å². The lowest BCUT2D eigenvalue weighted by molar-refractivity contribution is -0.144. The van der Waals surface area contributed by atoms with E-state index in [9.17, 15) is 14.7 Å². The molecule has 1 aliphatic heterocycles. The first-order chi connectivity index (χ1) is 16.5. The van der Waals surface area contributed by atoms with Gasteiger partial charge in [0.15, 0.2) is 0 Å². The second-order valence-corrected chi connectivity index (χ2v) is 8.73. The van der Waals surface area contributed by atoms with E-state index in [4.69, 9.17) is 4.42 Å². The number of nitrogens with one attached hydrogen (secondary N) is 2. The van der Waals surface area contributed by atoms with Gasteiger partial charge in [0.25, 0.3) is 0 Å². The van der Waals surface area contributed by atoms with E-state index in [0.717, 1.165) is 52.9 Å². The molecule has 1 aliphatic rings. The number of aromatic amines is 1. The standard InChI is InChI=1S/C26H28N4O4/c1-17-24(19-7-2-4-8-20(19)28-17)25(26(32)33)30-14-12-29(13-15-30)11-10-27-21-16-23(31)34-22-9-5-3-6-18(21)22/h2-9,16,25,27-28H,10-15H2,1H3,(H,32,33)/t25-/m0/s1. The van der Waals surface area contributed by atoms with Crippen LogP contribution in [0.25, 0.3) is 21.9 Å². The number of para-hydroxylation sites is 2. The van der Waals surface area contributed by atoms with Crippen LogP contribution < -0.4 is 10.9 Å². The fourth-order valence-electron chi connectivity index (χ4n) is 4.96. The summed E-state index contributed by atoms with van der Waals surface area (Å²) >= 11 is 0. The molecule has 0 saturated carbocycles. The fourth-order valence-corrected chi connectivity index (χ4v) is 4.96. The molecule has 1 atom stereocenters. The van der Waals surface area contributed by atoms with Crippen LogP contribution in [0.4, 0.5) is 5.69 Å². The predicted octanol–water partition coefficient (Wildman–Crippen LogP) is 3.44. The van der Waals surface area contributed by atoms with Gasteiger partial charge in [-0.05, 0) is 25.1 Å². The molecule has 0 unspecified atom stereocenters. The average molecular weight is 461 g/mol. The van der Waals surface area contributed by atoms with Crippen LogP contribution in [0.3, 0.4) is 0 Å². The Morgan fingerprint density at radius 2 is 1.79 bits per heavy atom. The molecule has 8 nitrogen and oxygen atoms in total. The van der Waals surface area contributed by atoms with Crippen LogP contribution in [0, 0.1) is 6.92 Å². The first kappa shape index (κ1) is 22.2. The highest BCUT2D eigenvalue weighted by atomic mass is 16.4. The number of aliphatic carboxylic acids is 1. The smallest absolute Gasteiger partial charge is 0.338 e. The second-order valence-electron chi connectivity index (χ2n) is 8.73. The summed E-state index contributed by atoms with van der Waals surface area (Å²) in [7, 11) is 0. The number of hydrogen-bond donors (Lipinski definition) is 3.